The van der Waals surface area contributed by atoms with Crippen LogP contribution in [0.2, 0.25) is 0 Å². The lowest BCUT2D eigenvalue weighted by atomic mass is 9.51. The normalized spacial score (nSPS) is 49.8. The van der Waals surface area contributed by atoms with Crippen LogP contribution in [0.4, 0.5) is 0 Å². The summed E-state index contributed by atoms with van der Waals surface area (Å²) in [5.41, 5.74) is -1.52. The number of hydrogen-bond acceptors (Lipinski definition) is 5. The van der Waals surface area contributed by atoms with E-state index in [2.05, 4.69) is 5.29 Å². The number of likely N-dealkylation sites (tertiary alicyclic amines) is 1. The molecule has 0 aromatic rings. The standard InChI is InChI=1S/C17H24N4O3/c18-9-14-2-1-3-20(14)15(22)10-21(19-24)16-5-12-4-13(6-16)8-17(23,7-12)11-16/h12-14,23H,1-8,10-11H2/t12-,13+,14-,16?,17?/m0/s1/i3D2,14D. The molecule has 5 rings (SSSR count). The summed E-state index contributed by atoms with van der Waals surface area (Å²) in [6, 6.07) is -0.253. The zero-order valence-electron chi connectivity index (χ0n) is 16.6. The van der Waals surface area contributed by atoms with Crippen LogP contribution in [0.1, 0.15) is 55.5 Å². The molecule has 1 saturated heterocycles. The van der Waals surface area contributed by atoms with Crippen molar-refractivity contribution in [3.8, 4) is 6.07 Å². The molecular formula is C17H24N4O3. The molecule has 4 aliphatic carbocycles. The maximum Gasteiger partial charge on any atom is 0.245 e. The van der Waals surface area contributed by atoms with Crippen LogP contribution < -0.4 is 0 Å². The summed E-state index contributed by atoms with van der Waals surface area (Å²) in [6.07, 6.45) is 4.01. The van der Waals surface area contributed by atoms with Gasteiger partial charge in [0.15, 0.2) is 0 Å². The highest BCUT2D eigenvalue weighted by Gasteiger charge is 2.60. The average Bonchev–Trinajstić information content (AvgIpc) is 2.80. The minimum absolute atomic E-state index is 0.0776. The largest absolute Gasteiger partial charge is 0.390 e. The minimum atomic E-state index is -2.11. The molecule has 4 saturated carbocycles. The highest BCUT2D eigenvalue weighted by molar-refractivity contribution is 5.79. The Kier molecular flexibility index (Phi) is 2.85. The van der Waals surface area contributed by atoms with E-state index in [0.29, 0.717) is 48.8 Å². The van der Waals surface area contributed by atoms with Crippen molar-refractivity contribution in [1.82, 2.24) is 9.91 Å². The summed E-state index contributed by atoms with van der Waals surface area (Å²) in [4.78, 5) is 25.2. The van der Waals surface area contributed by atoms with Gasteiger partial charge < -0.3 is 10.0 Å². The van der Waals surface area contributed by atoms with Gasteiger partial charge in [0.05, 0.1) is 23.9 Å². The van der Waals surface area contributed by atoms with Crippen molar-refractivity contribution in [2.75, 3.05) is 13.0 Å². The van der Waals surface area contributed by atoms with Gasteiger partial charge in [-0.05, 0) is 56.8 Å². The van der Waals surface area contributed by atoms with Crippen LogP contribution >= 0.6 is 0 Å². The molecule has 5 atom stereocenters. The summed E-state index contributed by atoms with van der Waals surface area (Å²) in [6.45, 7) is -2.58. The second-order valence-electron chi connectivity index (χ2n) is 7.99. The monoisotopic (exact) mass is 335 g/mol. The molecule has 4 bridgehead atoms. The topological polar surface area (TPSA) is 97.0 Å². The second kappa shape index (κ2) is 5.41. The SMILES string of the molecule is [2H]C1([2H])CC[C@@]([2H])(C#N)N1C(=O)CN(N=O)C12C[C@@H]3C[C@@H](CC(O)(C3)C1)C2. The van der Waals surface area contributed by atoms with Gasteiger partial charge in [-0.15, -0.1) is 4.91 Å². The number of nitroso groups, excluding NO2 is 1. The third-order valence-electron chi connectivity index (χ3n) is 6.21. The maximum absolute atomic E-state index is 12.9. The third kappa shape index (κ3) is 2.39. The number of carbonyl (C=O) groups is 1. The van der Waals surface area contributed by atoms with Gasteiger partial charge in [0.25, 0.3) is 0 Å². The molecule has 0 aromatic heterocycles. The molecule has 0 aromatic carbocycles. The molecule has 7 nitrogen and oxygen atoms in total. The molecule has 0 radical (unpaired) electrons. The van der Waals surface area contributed by atoms with Gasteiger partial charge in [-0.3, -0.25) is 4.79 Å². The van der Waals surface area contributed by atoms with E-state index in [1.807, 2.05) is 0 Å². The first kappa shape index (κ1) is 12.6. The van der Waals surface area contributed by atoms with E-state index < -0.39 is 36.1 Å². The van der Waals surface area contributed by atoms with Crippen molar-refractivity contribution in [3.05, 3.63) is 4.91 Å². The van der Waals surface area contributed by atoms with Crippen LogP contribution in [0.3, 0.4) is 0 Å². The van der Waals surface area contributed by atoms with Gasteiger partial charge in [-0.2, -0.15) is 5.26 Å². The quantitative estimate of drug-likeness (QED) is 0.621. The first-order chi connectivity index (χ1) is 12.5. The number of amides is 1. The summed E-state index contributed by atoms with van der Waals surface area (Å²) in [5.74, 6) is -0.192. The number of aliphatic hydroxyl groups is 1. The van der Waals surface area contributed by atoms with E-state index in [0.717, 1.165) is 6.42 Å². The van der Waals surface area contributed by atoms with Crippen LogP contribution in [-0.4, -0.2) is 51.1 Å². The summed E-state index contributed by atoms with van der Waals surface area (Å²) >= 11 is 0. The van der Waals surface area contributed by atoms with Crippen LogP contribution in [0, 0.1) is 28.1 Å². The van der Waals surface area contributed by atoms with Crippen LogP contribution in [0.25, 0.3) is 0 Å². The lowest BCUT2D eigenvalue weighted by Crippen LogP contribution is -2.65. The Morgan fingerprint density at radius 2 is 2.17 bits per heavy atom. The van der Waals surface area contributed by atoms with Gasteiger partial charge in [0.1, 0.15) is 12.6 Å². The van der Waals surface area contributed by atoms with Gasteiger partial charge >= 0.3 is 0 Å². The molecule has 7 heteroatoms. The van der Waals surface area contributed by atoms with E-state index in [4.69, 9.17) is 4.11 Å². The molecule has 1 N–H and O–H groups in total. The van der Waals surface area contributed by atoms with Gasteiger partial charge in [0, 0.05) is 15.7 Å². The smallest absolute Gasteiger partial charge is 0.245 e. The lowest BCUT2D eigenvalue weighted by Gasteiger charge is -2.61. The number of nitrogens with zero attached hydrogens (tertiary/aromatic N) is 4. The zero-order chi connectivity index (χ0) is 19.7. The summed E-state index contributed by atoms with van der Waals surface area (Å²) in [5, 5.41) is 24.4. The summed E-state index contributed by atoms with van der Waals surface area (Å²) in [7, 11) is 0. The Balaban J connectivity index is 1.59. The average molecular weight is 335 g/mol. The molecule has 1 amide bonds. The Bertz CT molecular complexity index is 713. The Morgan fingerprint density at radius 3 is 2.75 bits per heavy atom. The molecular weight excluding hydrogens is 308 g/mol. The maximum atomic E-state index is 12.9. The van der Waals surface area contributed by atoms with Crippen LogP contribution in [0.15, 0.2) is 5.29 Å². The van der Waals surface area contributed by atoms with E-state index in [-0.39, 0.29) is 12.8 Å². The first-order valence-corrected chi connectivity index (χ1v) is 8.63. The molecule has 5 aliphatic rings. The molecule has 2 unspecified atom stereocenters. The van der Waals surface area contributed by atoms with Crippen molar-refractivity contribution in [3.63, 3.8) is 0 Å². The van der Waals surface area contributed by atoms with E-state index >= 15 is 0 Å². The predicted octanol–water partition coefficient (Wildman–Crippen LogP) is 1.57. The Morgan fingerprint density at radius 1 is 1.46 bits per heavy atom. The van der Waals surface area contributed by atoms with E-state index in [9.17, 15) is 20.1 Å². The molecule has 24 heavy (non-hydrogen) atoms. The third-order valence-corrected chi connectivity index (χ3v) is 6.21. The zero-order valence-corrected chi connectivity index (χ0v) is 13.6. The fourth-order valence-corrected chi connectivity index (χ4v) is 5.79. The van der Waals surface area contributed by atoms with E-state index in [1.165, 1.54) is 5.01 Å². The first-order valence-electron chi connectivity index (χ1n) is 10.1. The van der Waals surface area contributed by atoms with Crippen molar-refractivity contribution < 1.29 is 14.0 Å². The summed E-state index contributed by atoms with van der Waals surface area (Å²) < 4.78 is 24.2. The molecule has 1 aliphatic heterocycles. The molecule has 1 heterocycles. The van der Waals surface area contributed by atoms with Crippen molar-refractivity contribution in [2.45, 2.75) is 68.5 Å². The highest BCUT2D eigenvalue weighted by Crippen LogP contribution is 2.59. The highest BCUT2D eigenvalue weighted by atomic mass is 16.3. The fraction of sp³-hybridized carbons (Fsp3) is 0.882. The molecule has 130 valence electrons. The number of carbonyl (C=O) groups excluding carboxylic acids is 1. The van der Waals surface area contributed by atoms with Crippen LogP contribution in [0.5, 0.6) is 0 Å². The second-order valence-corrected chi connectivity index (χ2v) is 7.99. The number of nitriles is 1. The van der Waals surface area contributed by atoms with Gasteiger partial charge in [0.2, 0.25) is 5.91 Å². The Labute approximate surface area is 145 Å². The predicted molar refractivity (Wildman–Crippen MR) is 85.2 cm³/mol. The molecule has 5 fully saturated rings. The van der Waals surface area contributed by atoms with Crippen molar-refractivity contribution in [1.29, 1.82) is 5.26 Å². The van der Waals surface area contributed by atoms with Gasteiger partial charge in [-0.1, -0.05) is 0 Å². The number of hydrogen-bond donors (Lipinski definition) is 1. The minimum Gasteiger partial charge on any atom is -0.390 e. The van der Waals surface area contributed by atoms with Crippen molar-refractivity contribution in [2.24, 2.45) is 17.1 Å². The number of rotatable bonds is 4. The lowest BCUT2D eigenvalue weighted by molar-refractivity contribution is -0.179. The van der Waals surface area contributed by atoms with Crippen LogP contribution in [-0.2, 0) is 4.79 Å². The Hall–Kier alpha value is -1.68. The molecule has 0 spiro atoms. The fourth-order valence-electron chi connectivity index (χ4n) is 5.79. The van der Waals surface area contributed by atoms with Crippen molar-refractivity contribution >= 4 is 5.91 Å². The van der Waals surface area contributed by atoms with Gasteiger partial charge in [-0.25, -0.2) is 5.01 Å². The van der Waals surface area contributed by atoms with E-state index in [1.54, 1.807) is 6.07 Å².